The number of ether oxygens (including phenoxy) is 3. The summed E-state index contributed by atoms with van der Waals surface area (Å²) in [5.74, 6) is 3.11. The number of likely N-dealkylation sites (tertiary alicyclic amines) is 1. The van der Waals surface area contributed by atoms with Gasteiger partial charge < -0.3 is 19.1 Å². The summed E-state index contributed by atoms with van der Waals surface area (Å²) in [4.78, 5) is 23.1. The molecule has 1 aromatic carbocycles. The van der Waals surface area contributed by atoms with Gasteiger partial charge in [-0.05, 0) is 49.7 Å². The Balaban J connectivity index is 1.27. The standard InChI is InChI=1S/C25H30N6O3/c1-32-21-4-6-22(7-5-21)34-24-23(26-10-11-27-24)19-3-2-12-30(17-19)18-20-8-9-28-25(29-20)31-13-15-33-16-14-31/h4-11,19H,2-3,12-18H2,1H3/t19-/m1/s1. The van der Waals surface area contributed by atoms with Crippen LogP contribution in [0.4, 0.5) is 5.95 Å². The zero-order valence-corrected chi connectivity index (χ0v) is 19.5. The molecule has 0 saturated carbocycles. The van der Waals surface area contributed by atoms with E-state index in [1.54, 1.807) is 19.5 Å². The summed E-state index contributed by atoms with van der Waals surface area (Å²) in [5.41, 5.74) is 1.94. The molecule has 2 aliphatic rings. The average molecular weight is 463 g/mol. The summed E-state index contributed by atoms with van der Waals surface area (Å²) >= 11 is 0. The van der Waals surface area contributed by atoms with Crippen LogP contribution in [0.5, 0.6) is 17.4 Å². The number of morpholine rings is 1. The molecular formula is C25H30N6O3. The number of piperidine rings is 1. The maximum atomic E-state index is 6.11. The van der Waals surface area contributed by atoms with E-state index in [0.29, 0.717) is 11.6 Å². The molecule has 0 aliphatic carbocycles. The van der Waals surface area contributed by atoms with E-state index in [1.165, 1.54) is 0 Å². The van der Waals surface area contributed by atoms with Crippen molar-refractivity contribution in [1.82, 2.24) is 24.8 Å². The van der Waals surface area contributed by atoms with Gasteiger partial charge in [0.15, 0.2) is 0 Å². The van der Waals surface area contributed by atoms with Gasteiger partial charge in [0.05, 0.1) is 26.0 Å². The third-order valence-electron chi connectivity index (χ3n) is 6.24. The second kappa shape index (κ2) is 10.8. The molecule has 2 saturated heterocycles. The number of nitrogens with zero attached hydrogens (tertiary/aromatic N) is 6. The van der Waals surface area contributed by atoms with Gasteiger partial charge in [-0.3, -0.25) is 9.88 Å². The molecule has 9 heteroatoms. The summed E-state index contributed by atoms with van der Waals surface area (Å²) in [7, 11) is 1.65. The molecule has 0 N–H and O–H groups in total. The van der Waals surface area contributed by atoms with Crippen LogP contribution in [0.2, 0.25) is 0 Å². The predicted molar refractivity (Wildman–Crippen MR) is 127 cm³/mol. The third kappa shape index (κ3) is 5.43. The van der Waals surface area contributed by atoms with Gasteiger partial charge in [0, 0.05) is 50.7 Å². The fourth-order valence-electron chi connectivity index (χ4n) is 4.49. The maximum absolute atomic E-state index is 6.11. The van der Waals surface area contributed by atoms with Crippen molar-refractivity contribution in [3.05, 3.63) is 60.3 Å². The normalized spacial score (nSPS) is 19.1. The van der Waals surface area contributed by atoms with E-state index in [2.05, 4.69) is 24.8 Å². The molecule has 1 atom stereocenters. The summed E-state index contributed by atoms with van der Waals surface area (Å²) in [6, 6.07) is 9.52. The topological polar surface area (TPSA) is 85.7 Å². The van der Waals surface area contributed by atoms with Crippen LogP contribution in [-0.4, -0.2) is 71.3 Å². The monoisotopic (exact) mass is 462 g/mol. The van der Waals surface area contributed by atoms with E-state index in [-0.39, 0.29) is 5.92 Å². The summed E-state index contributed by atoms with van der Waals surface area (Å²) in [6.45, 7) is 5.81. The summed E-state index contributed by atoms with van der Waals surface area (Å²) < 4.78 is 16.8. The Bertz CT molecular complexity index is 1070. The third-order valence-corrected chi connectivity index (χ3v) is 6.24. The van der Waals surface area contributed by atoms with Crippen molar-refractivity contribution in [2.75, 3.05) is 51.4 Å². The van der Waals surface area contributed by atoms with Crippen molar-refractivity contribution in [1.29, 1.82) is 0 Å². The minimum atomic E-state index is 0.247. The SMILES string of the molecule is COc1ccc(Oc2nccnc2[C@@H]2CCCN(Cc3ccnc(N4CCOCC4)n3)C2)cc1. The van der Waals surface area contributed by atoms with Gasteiger partial charge in [-0.2, -0.15) is 0 Å². The molecule has 4 heterocycles. The van der Waals surface area contributed by atoms with Crippen LogP contribution in [0.25, 0.3) is 0 Å². The molecule has 0 bridgehead atoms. The van der Waals surface area contributed by atoms with E-state index in [9.17, 15) is 0 Å². The van der Waals surface area contributed by atoms with Crippen LogP contribution < -0.4 is 14.4 Å². The second-order valence-corrected chi connectivity index (χ2v) is 8.55. The Kier molecular flexibility index (Phi) is 7.11. The van der Waals surface area contributed by atoms with Gasteiger partial charge in [-0.1, -0.05) is 0 Å². The Morgan fingerprint density at radius 2 is 1.74 bits per heavy atom. The first-order valence-electron chi connectivity index (χ1n) is 11.8. The fourth-order valence-corrected chi connectivity index (χ4v) is 4.49. The average Bonchev–Trinajstić information content (AvgIpc) is 2.90. The first-order chi connectivity index (χ1) is 16.8. The van der Waals surface area contributed by atoms with E-state index in [0.717, 1.165) is 81.9 Å². The highest BCUT2D eigenvalue weighted by atomic mass is 16.5. The first-order valence-corrected chi connectivity index (χ1v) is 11.8. The molecule has 9 nitrogen and oxygen atoms in total. The number of anilines is 1. The molecule has 2 aromatic heterocycles. The fraction of sp³-hybridized carbons (Fsp3) is 0.440. The number of hydrogen-bond acceptors (Lipinski definition) is 9. The van der Waals surface area contributed by atoms with Crippen molar-refractivity contribution in [3.8, 4) is 17.4 Å². The number of aromatic nitrogens is 4. The van der Waals surface area contributed by atoms with Gasteiger partial charge in [-0.15, -0.1) is 0 Å². The summed E-state index contributed by atoms with van der Waals surface area (Å²) in [5, 5.41) is 0. The van der Waals surface area contributed by atoms with Gasteiger partial charge >= 0.3 is 0 Å². The maximum Gasteiger partial charge on any atom is 0.241 e. The van der Waals surface area contributed by atoms with Crippen LogP contribution >= 0.6 is 0 Å². The van der Waals surface area contributed by atoms with Gasteiger partial charge in [0.2, 0.25) is 11.8 Å². The van der Waals surface area contributed by atoms with E-state index in [1.807, 2.05) is 36.5 Å². The first kappa shape index (κ1) is 22.5. The number of methoxy groups -OCH3 is 1. The van der Waals surface area contributed by atoms with Crippen molar-refractivity contribution in [3.63, 3.8) is 0 Å². The lowest BCUT2D eigenvalue weighted by Gasteiger charge is -2.32. The second-order valence-electron chi connectivity index (χ2n) is 8.55. The van der Waals surface area contributed by atoms with Crippen LogP contribution in [-0.2, 0) is 11.3 Å². The largest absolute Gasteiger partial charge is 0.497 e. The molecule has 0 spiro atoms. The molecule has 178 valence electrons. The molecule has 2 fully saturated rings. The van der Waals surface area contributed by atoms with Gasteiger partial charge in [0.25, 0.3) is 0 Å². The van der Waals surface area contributed by atoms with E-state index in [4.69, 9.17) is 19.2 Å². The summed E-state index contributed by atoms with van der Waals surface area (Å²) in [6.07, 6.45) is 7.42. The number of benzene rings is 1. The Labute approximate surface area is 199 Å². The molecule has 0 radical (unpaired) electrons. The van der Waals surface area contributed by atoms with Crippen LogP contribution in [0, 0.1) is 0 Å². The van der Waals surface area contributed by atoms with E-state index >= 15 is 0 Å². The Morgan fingerprint density at radius 1 is 0.941 bits per heavy atom. The van der Waals surface area contributed by atoms with Crippen LogP contribution in [0.3, 0.4) is 0 Å². The lowest BCUT2D eigenvalue weighted by Crippen LogP contribution is -2.38. The van der Waals surface area contributed by atoms with Crippen molar-refractivity contribution in [2.45, 2.75) is 25.3 Å². The molecule has 3 aromatic rings. The highest BCUT2D eigenvalue weighted by molar-refractivity contribution is 5.35. The molecule has 34 heavy (non-hydrogen) atoms. The Hall–Kier alpha value is -3.30. The molecule has 5 rings (SSSR count). The highest BCUT2D eigenvalue weighted by Crippen LogP contribution is 2.33. The van der Waals surface area contributed by atoms with Crippen molar-refractivity contribution >= 4 is 5.95 Å². The van der Waals surface area contributed by atoms with Crippen LogP contribution in [0.15, 0.2) is 48.9 Å². The number of hydrogen-bond donors (Lipinski definition) is 0. The van der Waals surface area contributed by atoms with Crippen molar-refractivity contribution < 1.29 is 14.2 Å². The number of rotatable bonds is 7. The molecule has 0 amide bonds. The highest BCUT2D eigenvalue weighted by Gasteiger charge is 2.26. The van der Waals surface area contributed by atoms with E-state index < -0.39 is 0 Å². The lowest BCUT2D eigenvalue weighted by molar-refractivity contribution is 0.122. The van der Waals surface area contributed by atoms with Crippen molar-refractivity contribution in [2.24, 2.45) is 0 Å². The van der Waals surface area contributed by atoms with Gasteiger partial charge in [-0.25, -0.2) is 15.0 Å². The predicted octanol–water partition coefficient (Wildman–Crippen LogP) is 3.28. The quantitative estimate of drug-likeness (QED) is 0.525. The molecule has 0 unspecified atom stereocenters. The zero-order chi connectivity index (χ0) is 23.2. The smallest absolute Gasteiger partial charge is 0.241 e. The lowest BCUT2D eigenvalue weighted by atomic mass is 9.94. The minimum absolute atomic E-state index is 0.247. The molecular weight excluding hydrogens is 432 g/mol. The molecule has 2 aliphatic heterocycles. The Morgan fingerprint density at radius 3 is 2.56 bits per heavy atom. The zero-order valence-electron chi connectivity index (χ0n) is 19.5. The van der Waals surface area contributed by atoms with Gasteiger partial charge in [0.1, 0.15) is 17.2 Å². The minimum Gasteiger partial charge on any atom is -0.497 e. The van der Waals surface area contributed by atoms with Crippen LogP contribution in [0.1, 0.15) is 30.1 Å².